The number of anilines is 1. The molecule has 4 atom stereocenters. The summed E-state index contributed by atoms with van der Waals surface area (Å²) in [7, 11) is -3.69. The van der Waals surface area contributed by atoms with Crippen LogP contribution < -0.4 is 4.90 Å². The molecule has 3 aromatic rings. The van der Waals surface area contributed by atoms with Crippen LogP contribution in [0.3, 0.4) is 0 Å². The number of benzene rings is 2. The van der Waals surface area contributed by atoms with Gasteiger partial charge in [0, 0.05) is 36.4 Å². The van der Waals surface area contributed by atoms with E-state index in [0.29, 0.717) is 37.9 Å². The maximum absolute atomic E-state index is 15.4. The SMILES string of the molecule is C[C@H]1CC[C@H](c2ccccc2)S(=O)(=O)N1Cc1ccc(N2CC[C@H](n3cnnc3)C[C@H]2C(=O)O)cc1F. The molecule has 3 heterocycles. The summed E-state index contributed by atoms with van der Waals surface area (Å²) < 4.78 is 45.6. The minimum Gasteiger partial charge on any atom is -0.480 e. The van der Waals surface area contributed by atoms with Crippen LogP contribution in [-0.2, 0) is 21.4 Å². The Bertz CT molecular complexity index is 1350. The quantitative estimate of drug-likeness (QED) is 0.520. The molecule has 0 bridgehead atoms. The van der Waals surface area contributed by atoms with E-state index in [1.54, 1.807) is 34.3 Å². The van der Waals surface area contributed by atoms with Gasteiger partial charge in [-0.05, 0) is 50.3 Å². The number of hydrogen-bond acceptors (Lipinski definition) is 6. The lowest BCUT2D eigenvalue weighted by Crippen LogP contribution is -2.47. The summed E-state index contributed by atoms with van der Waals surface area (Å²) in [5.41, 5.74) is 1.47. The van der Waals surface area contributed by atoms with Crippen molar-refractivity contribution in [3.63, 3.8) is 0 Å². The second-order valence-corrected chi connectivity index (χ2v) is 11.9. The van der Waals surface area contributed by atoms with Gasteiger partial charge in [-0.15, -0.1) is 10.2 Å². The summed E-state index contributed by atoms with van der Waals surface area (Å²) in [6.45, 7) is 2.20. The first kappa shape index (κ1) is 25.3. The molecular formula is C26H30FN5O4S. The molecule has 2 fully saturated rings. The van der Waals surface area contributed by atoms with Crippen LogP contribution in [0.5, 0.6) is 0 Å². The molecule has 2 saturated heterocycles. The van der Waals surface area contributed by atoms with Crippen LogP contribution >= 0.6 is 0 Å². The molecule has 0 unspecified atom stereocenters. The van der Waals surface area contributed by atoms with Gasteiger partial charge < -0.3 is 14.6 Å². The first-order chi connectivity index (χ1) is 17.8. The van der Waals surface area contributed by atoms with Crippen molar-refractivity contribution < 1.29 is 22.7 Å². The molecule has 0 amide bonds. The number of aliphatic carboxylic acids is 1. The van der Waals surface area contributed by atoms with Gasteiger partial charge in [0.1, 0.15) is 29.8 Å². The smallest absolute Gasteiger partial charge is 0.326 e. The van der Waals surface area contributed by atoms with E-state index in [9.17, 15) is 18.3 Å². The average molecular weight is 528 g/mol. The topological polar surface area (TPSA) is 109 Å². The molecular weight excluding hydrogens is 497 g/mol. The van der Waals surface area contributed by atoms with Gasteiger partial charge in [0.2, 0.25) is 10.0 Å². The summed E-state index contributed by atoms with van der Waals surface area (Å²) >= 11 is 0. The van der Waals surface area contributed by atoms with E-state index in [1.807, 2.05) is 37.3 Å². The average Bonchev–Trinajstić information content (AvgIpc) is 3.42. The Hall–Kier alpha value is -3.31. The molecule has 196 valence electrons. The Morgan fingerprint density at radius 1 is 1.08 bits per heavy atom. The highest BCUT2D eigenvalue weighted by Gasteiger charge is 2.41. The summed E-state index contributed by atoms with van der Waals surface area (Å²) in [5.74, 6) is -1.53. The van der Waals surface area contributed by atoms with E-state index in [-0.39, 0.29) is 24.2 Å². The highest BCUT2D eigenvalue weighted by molar-refractivity contribution is 7.89. The highest BCUT2D eigenvalue weighted by Crippen LogP contribution is 2.39. The van der Waals surface area contributed by atoms with Gasteiger partial charge in [-0.1, -0.05) is 36.4 Å². The van der Waals surface area contributed by atoms with Crippen molar-refractivity contribution in [3.05, 3.63) is 78.1 Å². The van der Waals surface area contributed by atoms with Crippen molar-refractivity contribution in [1.82, 2.24) is 19.1 Å². The largest absolute Gasteiger partial charge is 0.480 e. The molecule has 2 aromatic carbocycles. The van der Waals surface area contributed by atoms with E-state index in [1.165, 1.54) is 10.4 Å². The van der Waals surface area contributed by atoms with E-state index in [0.717, 1.165) is 5.56 Å². The number of rotatable bonds is 6. The molecule has 0 radical (unpaired) electrons. The number of halogens is 1. The maximum Gasteiger partial charge on any atom is 0.326 e. The van der Waals surface area contributed by atoms with Crippen LogP contribution in [0.15, 0.2) is 61.2 Å². The van der Waals surface area contributed by atoms with Crippen molar-refractivity contribution in [2.75, 3.05) is 11.4 Å². The lowest BCUT2D eigenvalue weighted by Gasteiger charge is -2.39. The first-order valence-corrected chi connectivity index (χ1v) is 13.9. The Morgan fingerprint density at radius 2 is 1.81 bits per heavy atom. The van der Waals surface area contributed by atoms with Crippen LogP contribution in [0.2, 0.25) is 0 Å². The summed E-state index contributed by atoms with van der Waals surface area (Å²) in [6.07, 6.45) is 5.35. The molecule has 2 aliphatic rings. The summed E-state index contributed by atoms with van der Waals surface area (Å²) in [6, 6.07) is 12.6. The summed E-state index contributed by atoms with van der Waals surface area (Å²) in [5, 5.41) is 16.8. The number of sulfonamides is 1. The second-order valence-electron chi connectivity index (χ2n) is 9.83. The van der Waals surface area contributed by atoms with Crippen molar-refractivity contribution in [2.45, 2.75) is 62.5 Å². The zero-order chi connectivity index (χ0) is 26.2. The van der Waals surface area contributed by atoms with Gasteiger partial charge in [-0.2, -0.15) is 4.31 Å². The van der Waals surface area contributed by atoms with E-state index in [4.69, 9.17) is 0 Å². The minimum absolute atomic E-state index is 0.0557. The molecule has 1 N–H and O–H groups in total. The normalized spacial score (nSPS) is 26.2. The fourth-order valence-electron chi connectivity index (χ4n) is 5.52. The number of hydrogen-bond donors (Lipinski definition) is 1. The Kier molecular flexibility index (Phi) is 7.00. The Balaban J connectivity index is 1.36. The first-order valence-electron chi connectivity index (χ1n) is 12.4. The van der Waals surface area contributed by atoms with Gasteiger partial charge in [0.25, 0.3) is 0 Å². The Morgan fingerprint density at radius 3 is 2.49 bits per heavy atom. The predicted molar refractivity (Wildman–Crippen MR) is 136 cm³/mol. The van der Waals surface area contributed by atoms with Crippen molar-refractivity contribution >= 4 is 21.7 Å². The Labute approximate surface area is 215 Å². The van der Waals surface area contributed by atoms with Crippen molar-refractivity contribution in [3.8, 4) is 0 Å². The van der Waals surface area contributed by atoms with Crippen LogP contribution in [0, 0.1) is 5.82 Å². The number of piperidine rings is 1. The number of aromatic nitrogens is 3. The third kappa shape index (κ3) is 4.97. The molecule has 0 aliphatic carbocycles. The van der Waals surface area contributed by atoms with Gasteiger partial charge in [0.05, 0.1) is 0 Å². The lowest BCUT2D eigenvalue weighted by molar-refractivity contribution is -0.139. The van der Waals surface area contributed by atoms with Crippen LogP contribution in [-0.4, -0.2) is 57.2 Å². The van der Waals surface area contributed by atoms with Gasteiger partial charge in [-0.25, -0.2) is 17.6 Å². The summed E-state index contributed by atoms with van der Waals surface area (Å²) in [4.78, 5) is 13.8. The van der Waals surface area contributed by atoms with Crippen LogP contribution in [0.25, 0.3) is 0 Å². The molecule has 1 aromatic heterocycles. The molecule has 0 spiro atoms. The number of nitrogens with zero attached hydrogens (tertiary/aromatic N) is 5. The maximum atomic E-state index is 15.4. The molecule has 0 saturated carbocycles. The molecule has 37 heavy (non-hydrogen) atoms. The molecule has 9 nitrogen and oxygen atoms in total. The fraction of sp³-hybridized carbons (Fsp3) is 0.423. The zero-order valence-electron chi connectivity index (χ0n) is 20.5. The monoisotopic (exact) mass is 527 g/mol. The van der Waals surface area contributed by atoms with Crippen molar-refractivity contribution in [1.29, 1.82) is 0 Å². The lowest BCUT2D eigenvalue weighted by atomic mass is 9.96. The van der Waals surface area contributed by atoms with Gasteiger partial charge in [0.15, 0.2) is 0 Å². The third-order valence-electron chi connectivity index (χ3n) is 7.61. The molecule has 2 aliphatic heterocycles. The number of carboxylic acid groups (broad SMARTS) is 1. The highest BCUT2D eigenvalue weighted by atomic mass is 32.2. The van der Waals surface area contributed by atoms with Crippen molar-refractivity contribution in [2.24, 2.45) is 0 Å². The second kappa shape index (κ2) is 10.2. The molecule has 5 rings (SSSR count). The van der Waals surface area contributed by atoms with E-state index >= 15 is 4.39 Å². The van der Waals surface area contributed by atoms with E-state index in [2.05, 4.69) is 10.2 Å². The van der Waals surface area contributed by atoms with Crippen LogP contribution in [0.1, 0.15) is 55.0 Å². The zero-order valence-corrected chi connectivity index (χ0v) is 21.3. The fourth-order valence-corrected chi connectivity index (χ4v) is 7.71. The third-order valence-corrected chi connectivity index (χ3v) is 9.98. The van der Waals surface area contributed by atoms with Gasteiger partial charge in [-0.3, -0.25) is 0 Å². The molecule has 11 heteroatoms. The number of carbonyl (C=O) groups is 1. The van der Waals surface area contributed by atoms with Gasteiger partial charge >= 0.3 is 5.97 Å². The number of carboxylic acids is 1. The van der Waals surface area contributed by atoms with E-state index < -0.39 is 33.1 Å². The standard InChI is InChI=1S/C26H30FN5O4S/c1-18-7-10-25(19-5-3-2-4-6-19)37(35,36)32(18)15-20-8-9-22(13-23(20)27)31-12-11-21(14-24(31)26(33)34)30-16-28-29-17-30/h2-6,8-9,13,16-18,21,24-25H,7,10-12,14-15H2,1H3,(H,33,34)/t18-,21-,24-,25+/m0/s1. The predicted octanol–water partition coefficient (Wildman–Crippen LogP) is 3.77. The minimum atomic E-state index is -3.69. The van der Waals surface area contributed by atoms with Crippen LogP contribution in [0.4, 0.5) is 10.1 Å².